The molecule has 0 aliphatic heterocycles. The van der Waals surface area contributed by atoms with Crippen LogP contribution in [0.4, 0.5) is 13.2 Å². The van der Waals surface area contributed by atoms with Gasteiger partial charge in [-0.05, 0) is 18.2 Å². The molecule has 76 valence electrons. The van der Waals surface area contributed by atoms with Gasteiger partial charge in [-0.1, -0.05) is 0 Å². The Morgan fingerprint density at radius 1 is 1.29 bits per heavy atom. The number of nitrogens with one attached hydrogen (secondary N) is 1. The summed E-state index contributed by atoms with van der Waals surface area (Å²) in [7, 11) is 0. The molecule has 0 saturated carbocycles. The van der Waals surface area contributed by atoms with Gasteiger partial charge < -0.3 is 4.98 Å². The Hall–Kier alpha value is -1.04. The maximum absolute atomic E-state index is 10.3. The molecule has 6 heteroatoms. The topological polar surface area (TPSA) is 28.7 Å². The van der Waals surface area contributed by atoms with Crippen LogP contribution < -0.4 is 0 Å². The first-order valence-corrected chi connectivity index (χ1v) is 4.40. The summed E-state index contributed by atoms with van der Waals surface area (Å²) in [5.41, 5.74) is 0.956. The van der Waals surface area contributed by atoms with Crippen molar-refractivity contribution in [1.29, 1.82) is 0 Å². The molecule has 0 spiro atoms. The van der Waals surface area contributed by atoms with Gasteiger partial charge in [0.15, 0.2) is 0 Å². The van der Waals surface area contributed by atoms with Crippen LogP contribution in [0.2, 0.25) is 0 Å². The van der Waals surface area contributed by atoms with E-state index >= 15 is 0 Å². The first kappa shape index (κ1) is 11.0. The molecule has 14 heavy (non-hydrogen) atoms. The third-order valence-corrected chi connectivity index (χ3v) is 1.32. The molecule has 0 fully saturated rings. The highest BCUT2D eigenvalue weighted by Crippen LogP contribution is 2.21. The molecular formula is C8H6BrF3N2. The lowest BCUT2D eigenvalue weighted by Crippen LogP contribution is -1.88. The Bertz CT molecular complexity index is 360. The van der Waals surface area contributed by atoms with E-state index in [1.807, 2.05) is 24.4 Å². The molecule has 0 bridgehead atoms. The molecule has 2 aromatic heterocycles. The molecule has 0 unspecified atom stereocenters. The quantitative estimate of drug-likeness (QED) is 0.727. The van der Waals surface area contributed by atoms with E-state index in [1.54, 1.807) is 6.20 Å². The monoisotopic (exact) mass is 266 g/mol. The molecule has 0 aliphatic carbocycles. The average Bonchev–Trinajstić information content (AvgIpc) is 2.47. The van der Waals surface area contributed by atoms with Crippen LogP contribution in [-0.4, -0.2) is 15.1 Å². The normalized spacial score (nSPS) is 10.9. The van der Waals surface area contributed by atoms with Crippen molar-refractivity contribution in [1.82, 2.24) is 9.97 Å². The average molecular weight is 267 g/mol. The van der Waals surface area contributed by atoms with E-state index < -0.39 is 5.09 Å². The smallest absolute Gasteiger partial charge is 0.346 e. The van der Waals surface area contributed by atoms with Gasteiger partial charge in [0.25, 0.3) is 0 Å². The number of aromatic nitrogens is 2. The summed E-state index contributed by atoms with van der Waals surface area (Å²) >= 11 is 1.38. The van der Waals surface area contributed by atoms with Crippen LogP contribution in [0.15, 0.2) is 30.6 Å². The van der Waals surface area contributed by atoms with Crippen molar-refractivity contribution < 1.29 is 13.2 Å². The van der Waals surface area contributed by atoms with Crippen molar-refractivity contribution in [3.63, 3.8) is 0 Å². The van der Waals surface area contributed by atoms with Crippen molar-refractivity contribution in [3.8, 4) is 0 Å². The minimum atomic E-state index is -4.19. The largest absolute Gasteiger partial charge is 0.448 e. The second-order valence-corrected chi connectivity index (χ2v) is 3.25. The van der Waals surface area contributed by atoms with Gasteiger partial charge in [0, 0.05) is 33.7 Å². The fourth-order valence-electron chi connectivity index (χ4n) is 0.883. The van der Waals surface area contributed by atoms with E-state index in [0.717, 1.165) is 11.0 Å². The summed E-state index contributed by atoms with van der Waals surface area (Å²) in [6, 6.07) is 5.96. The number of alkyl halides is 4. The predicted octanol–water partition coefficient (Wildman–Crippen LogP) is 3.46. The van der Waals surface area contributed by atoms with Crippen molar-refractivity contribution in [2.24, 2.45) is 0 Å². The predicted molar refractivity (Wildman–Crippen MR) is 51.1 cm³/mol. The zero-order valence-electron chi connectivity index (χ0n) is 6.85. The first-order valence-electron chi connectivity index (χ1n) is 3.60. The molecule has 0 radical (unpaired) electrons. The molecular weight excluding hydrogens is 261 g/mol. The number of pyridine rings is 1. The van der Waals surface area contributed by atoms with Crippen LogP contribution in [0.3, 0.4) is 0 Å². The van der Waals surface area contributed by atoms with Gasteiger partial charge in [0.2, 0.25) is 0 Å². The van der Waals surface area contributed by atoms with Crippen molar-refractivity contribution in [2.75, 3.05) is 0 Å². The van der Waals surface area contributed by atoms with Gasteiger partial charge in [-0.25, -0.2) is 4.98 Å². The van der Waals surface area contributed by atoms with Gasteiger partial charge in [-0.2, -0.15) is 13.2 Å². The molecule has 0 aliphatic rings. The molecule has 0 saturated heterocycles. The van der Waals surface area contributed by atoms with Gasteiger partial charge in [-0.3, -0.25) is 0 Å². The molecule has 1 N–H and O–H groups in total. The van der Waals surface area contributed by atoms with Crippen LogP contribution in [0.25, 0.3) is 11.0 Å². The molecule has 0 aromatic carbocycles. The lowest BCUT2D eigenvalue weighted by atomic mass is 10.3. The summed E-state index contributed by atoms with van der Waals surface area (Å²) in [6.45, 7) is 0. The maximum Gasteiger partial charge on any atom is 0.448 e. The number of aromatic amines is 1. The first-order chi connectivity index (χ1) is 6.47. The van der Waals surface area contributed by atoms with Gasteiger partial charge in [0.1, 0.15) is 5.65 Å². The lowest BCUT2D eigenvalue weighted by Gasteiger charge is -1.85. The minimum absolute atomic E-state index is 0.956. The zero-order chi connectivity index (χ0) is 10.6. The Balaban J connectivity index is 0.000000171. The zero-order valence-corrected chi connectivity index (χ0v) is 8.43. The van der Waals surface area contributed by atoms with Gasteiger partial charge >= 0.3 is 5.09 Å². The van der Waals surface area contributed by atoms with Crippen LogP contribution in [-0.2, 0) is 0 Å². The third kappa shape index (κ3) is 4.27. The summed E-state index contributed by atoms with van der Waals surface area (Å²) in [5, 5.41) is -3.02. The van der Waals surface area contributed by atoms with Gasteiger partial charge in [-0.15, -0.1) is 0 Å². The number of nitrogens with zero attached hydrogens (tertiary/aromatic N) is 1. The molecule has 2 rings (SSSR count). The lowest BCUT2D eigenvalue weighted by molar-refractivity contribution is -0.0245. The molecule has 0 atom stereocenters. The fourth-order valence-corrected chi connectivity index (χ4v) is 0.883. The van der Waals surface area contributed by atoms with Crippen LogP contribution in [0.5, 0.6) is 0 Å². The van der Waals surface area contributed by atoms with E-state index in [9.17, 15) is 13.2 Å². The van der Waals surface area contributed by atoms with E-state index in [-0.39, 0.29) is 0 Å². The molecule has 2 heterocycles. The van der Waals surface area contributed by atoms with Crippen molar-refractivity contribution in [3.05, 3.63) is 30.6 Å². The Kier molecular flexibility index (Phi) is 3.51. The highest BCUT2D eigenvalue weighted by molar-refractivity contribution is 9.09. The van der Waals surface area contributed by atoms with Crippen molar-refractivity contribution in [2.45, 2.75) is 5.09 Å². The maximum atomic E-state index is 10.3. The third-order valence-electron chi connectivity index (χ3n) is 1.32. The summed E-state index contributed by atoms with van der Waals surface area (Å²) in [6.07, 6.45) is 3.66. The van der Waals surface area contributed by atoms with Crippen LogP contribution in [0.1, 0.15) is 0 Å². The second-order valence-electron chi connectivity index (χ2n) is 2.35. The van der Waals surface area contributed by atoms with Crippen LogP contribution >= 0.6 is 15.9 Å². The number of rotatable bonds is 0. The Morgan fingerprint density at radius 3 is 2.50 bits per heavy atom. The summed E-state index contributed by atoms with van der Waals surface area (Å²) in [5.74, 6) is 0. The van der Waals surface area contributed by atoms with Crippen LogP contribution in [0, 0.1) is 0 Å². The number of H-pyrrole nitrogens is 1. The molecule has 2 nitrogen and oxygen atoms in total. The highest BCUT2D eigenvalue weighted by atomic mass is 79.9. The Morgan fingerprint density at radius 2 is 1.93 bits per heavy atom. The molecule has 0 amide bonds. The second kappa shape index (κ2) is 4.45. The number of halogens is 4. The summed E-state index contributed by atoms with van der Waals surface area (Å²) in [4.78, 5) is 7.09. The highest BCUT2D eigenvalue weighted by Gasteiger charge is 2.19. The van der Waals surface area contributed by atoms with E-state index in [1.165, 1.54) is 15.9 Å². The summed E-state index contributed by atoms with van der Waals surface area (Å²) < 4.78 is 30.8. The van der Waals surface area contributed by atoms with Gasteiger partial charge in [0.05, 0.1) is 0 Å². The number of hydrogen-bond donors (Lipinski definition) is 1. The number of fused-ring (bicyclic) bond motifs is 1. The standard InChI is InChI=1S/C7H6N2.CBrF3/c1-2-6-3-5-9-7(6)8-4-1;2-1(3,4)5/h1-5H,(H,8,9);. The van der Waals surface area contributed by atoms with E-state index in [2.05, 4.69) is 9.97 Å². The van der Waals surface area contributed by atoms with E-state index in [4.69, 9.17) is 0 Å². The van der Waals surface area contributed by atoms with Crippen molar-refractivity contribution >= 4 is 27.0 Å². The SMILES string of the molecule is FC(F)(F)Br.c1cnc2[nH]ccc2c1. The minimum Gasteiger partial charge on any atom is -0.346 e. The van der Waals surface area contributed by atoms with E-state index in [0.29, 0.717) is 0 Å². The fraction of sp³-hybridized carbons (Fsp3) is 0.125. The molecule has 2 aromatic rings. The number of hydrogen-bond acceptors (Lipinski definition) is 1. The Labute approximate surface area is 86.3 Å².